The Morgan fingerprint density at radius 1 is 1.00 bits per heavy atom. The molecule has 4 aromatic rings. The molecule has 4 heterocycles. The number of likely N-dealkylation sites (tertiary alicyclic amines) is 1. The summed E-state index contributed by atoms with van der Waals surface area (Å²) in [6, 6.07) is 10.6. The molecular weight excluding hydrogens is 403 g/mol. The van der Waals surface area contributed by atoms with E-state index in [-0.39, 0.29) is 5.82 Å². The molecule has 2 aromatic heterocycles. The zero-order valence-corrected chi connectivity index (χ0v) is 18.6. The van der Waals surface area contributed by atoms with E-state index in [2.05, 4.69) is 33.1 Å². The highest BCUT2D eigenvalue weighted by Gasteiger charge is 2.28. The number of aryl methyl sites for hydroxylation is 2. The van der Waals surface area contributed by atoms with Gasteiger partial charge in [-0.1, -0.05) is 0 Å². The van der Waals surface area contributed by atoms with Gasteiger partial charge in [0.15, 0.2) is 11.6 Å². The second-order valence-electron chi connectivity index (χ2n) is 9.14. The maximum atomic E-state index is 14.6. The van der Waals surface area contributed by atoms with Gasteiger partial charge in [0.25, 0.3) is 0 Å². The Morgan fingerprint density at radius 2 is 1.81 bits per heavy atom. The lowest BCUT2D eigenvalue weighted by Gasteiger charge is -2.43. The van der Waals surface area contributed by atoms with Crippen LogP contribution in [0.1, 0.15) is 25.0 Å². The second kappa shape index (κ2) is 7.52. The summed E-state index contributed by atoms with van der Waals surface area (Å²) in [4.78, 5) is 14.6. The van der Waals surface area contributed by atoms with Gasteiger partial charge in [0, 0.05) is 60.1 Å². The highest BCUT2D eigenvalue weighted by Crippen LogP contribution is 2.30. The Morgan fingerprint density at radius 3 is 2.56 bits per heavy atom. The van der Waals surface area contributed by atoms with E-state index in [0.29, 0.717) is 16.9 Å². The molecule has 0 unspecified atom stereocenters. The Kier molecular flexibility index (Phi) is 4.61. The van der Waals surface area contributed by atoms with Crippen LogP contribution in [-0.4, -0.2) is 56.9 Å². The van der Waals surface area contributed by atoms with Gasteiger partial charge >= 0.3 is 0 Å². The maximum absolute atomic E-state index is 14.6. The zero-order chi connectivity index (χ0) is 21.8. The van der Waals surface area contributed by atoms with Crippen LogP contribution in [0.3, 0.4) is 0 Å². The quantitative estimate of drug-likeness (QED) is 0.485. The monoisotopic (exact) mass is 430 g/mol. The molecule has 164 valence electrons. The molecule has 0 atom stereocenters. The van der Waals surface area contributed by atoms with E-state index in [1.165, 1.54) is 44.1 Å². The first-order valence-electron chi connectivity index (χ1n) is 11.5. The Labute approximate surface area is 186 Å². The third-order valence-corrected chi connectivity index (χ3v) is 7.04. The maximum Gasteiger partial charge on any atom is 0.160 e. The SMILES string of the molecule is Cc1nc(-c2cc(F)c3nn(C)cc3c2)nc2ccc(N3CCC(N4CCC4)CC3)cc12. The van der Waals surface area contributed by atoms with Gasteiger partial charge in [-0.3, -0.25) is 4.68 Å². The summed E-state index contributed by atoms with van der Waals surface area (Å²) < 4.78 is 16.2. The summed E-state index contributed by atoms with van der Waals surface area (Å²) in [6.07, 6.45) is 5.63. The van der Waals surface area contributed by atoms with E-state index in [1.54, 1.807) is 11.7 Å². The summed E-state index contributed by atoms with van der Waals surface area (Å²) in [6.45, 7) is 6.74. The standard InChI is InChI=1S/C25H27FN6/c1-16-21-14-20(32-10-6-19(7-11-32)31-8-3-9-31)4-5-23(21)28-25(27-16)17-12-18-15-30(2)29-24(18)22(26)13-17/h4-5,12-15,19H,3,6-11H2,1-2H3. The number of aromatic nitrogens is 4. The number of hydrogen-bond acceptors (Lipinski definition) is 5. The number of benzene rings is 2. The molecule has 0 N–H and O–H groups in total. The fourth-order valence-electron chi connectivity index (χ4n) is 5.13. The van der Waals surface area contributed by atoms with Gasteiger partial charge in [-0.05, 0) is 69.6 Å². The molecule has 2 aliphatic heterocycles. The minimum absolute atomic E-state index is 0.351. The number of fused-ring (bicyclic) bond motifs is 2. The van der Waals surface area contributed by atoms with Gasteiger partial charge in [0.1, 0.15) is 5.52 Å². The van der Waals surface area contributed by atoms with Crippen molar-refractivity contribution in [1.29, 1.82) is 0 Å². The summed E-state index contributed by atoms with van der Waals surface area (Å²) in [5.74, 6) is 0.194. The number of rotatable bonds is 3. The Balaban J connectivity index is 1.30. The molecule has 0 amide bonds. The minimum Gasteiger partial charge on any atom is -0.371 e. The van der Waals surface area contributed by atoms with Gasteiger partial charge in [0.2, 0.25) is 0 Å². The van der Waals surface area contributed by atoms with Crippen LogP contribution in [-0.2, 0) is 7.05 Å². The summed E-state index contributed by atoms with van der Waals surface area (Å²) in [7, 11) is 1.79. The largest absolute Gasteiger partial charge is 0.371 e. The van der Waals surface area contributed by atoms with Crippen molar-refractivity contribution in [2.75, 3.05) is 31.1 Å². The van der Waals surface area contributed by atoms with Crippen LogP contribution in [0.15, 0.2) is 36.5 Å². The second-order valence-corrected chi connectivity index (χ2v) is 9.14. The summed E-state index contributed by atoms with van der Waals surface area (Å²) >= 11 is 0. The first-order chi connectivity index (χ1) is 15.5. The molecule has 7 heteroatoms. The molecule has 2 saturated heterocycles. The number of piperidine rings is 1. The third-order valence-electron chi connectivity index (χ3n) is 7.04. The molecular formula is C25H27FN6. The average Bonchev–Trinajstić information content (AvgIpc) is 3.14. The summed E-state index contributed by atoms with van der Waals surface area (Å²) in [5, 5.41) is 5.99. The van der Waals surface area contributed by atoms with Crippen LogP contribution in [0.5, 0.6) is 0 Å². The van der Waals surface area contributed by atoms with E-state index >= 15 is 0 Å². The topological polar surface area (TPSA) is 50.1 Å². The predicted molar refractivity (Wildman–Crippen MR) is 125 cm³/mol. The fourth-order valence-corrected chi connectivity index (χ4v) is 5.13. The van der Waals surface area contributed by atoms with Crippen LogP contribution in [0, 0.1) is 12.7 Å². The van der Waals surface area contributed by atoms with Crippen molar-refractivity contribution in [3.05, 3.63) is 48.0 Å². The molecule has 32 heavy (non-hydrogen) atoms. The van der Waals surface area contributed by atoms with E-state index in [0.717, 1.165) is 41.1 Å². The van der Waals surface area contributed by atoms with Gasteiger partial charge in [-0.2, -0.15) is 5.10 Å². The molecule has 2 aromatic carbocycles. The van der Waals surface area contributed by atoms with Gasteiger partial charge in [-0.15, -0.1) is 0 Å². The van der Waals surface area contributed by atoms with Crippen molar-refractivity contribution in [2.45, 2.75) is 32.2 Å². The highest BCUT2D eigenvalue weighted by atomic mass is 19.1. The van der Waals surface area contributed by atoms with Crippen LogP contribution >= 0.6 is 0 Å². The van der Waals surface area contributed by atoms with Crippen LogP contribution < -0.4 is 4.90 Å². The third kappa shape index (κ3) is 3.32. The lowest BCUT2D eigenvalue weighted by molar-refractivity contribution is 0.100. The van der Waals surface area contributed by atoms with Gasteiger partial charge in [-0.25, -0.2) is 14.4 Å². The van der Waals surface area contributed by atoms with Crippen molar-refractivity contribution in [1.82, 2.24) is 24.6 Å². The Bertz CT molecular complexity index is 1320. The van der Waals surface area contributed by atoms with Crippen molar-refractivity contribution < 1.29 is 4.39 Å². The number of nitrogens with zero attached hydrogens (tertiary/aromatic N) is 6. The lowest BCUT2D eigenvalue weighted by Crippen LogP contribution is -2.50. The zero-order valence-electron chi connectivity index (χ0n) is 18.6. The number of halogens is 1. The smallest absolute Gasteiger partial charge is 0.160 e. The average molecular weight is 431 g/mol. The first kappa shape index (κ1) is 19.6. The molecule has 0 aliphatic carbocycles. The Hall–Kier alpha value is -3.06. The van der Waals surface area contributed by atoms with Crippen LogP contribution in [0.2, 0.25) is 0 Å². The molecule has 6 nitrogen and oxygen atoms in total. The fraction of sp³-hybridized carbons (Fsp3) is 0.400. The van der Waals surface area contributed by atoms with E-state index < -0.39 is 0 Å². The molecule has 2 fully saturated rings. The molecule has 6 rings (SSSR count). The lowest BCUT2D eigenvalue weighted by atomic mass is 9.99. The highest BCUT2D eigenvalue weighted by molar-refractivity contribution is 5.88. The van der Waals surface area contributed by atoms with Crippen molar-refractivity contribution >= 4 is 27.5 Å². The van der Waals surface area contributed by atoms with Crippen LogP contribution in [0.25, 0.3) is 33.2 Å². The van der Waals surface area contributed by atoms with Crippen LogP contribution in [0.4, 0.5) is 10.1 Å². The molecule has 2 aliphatic rings. The molecule has 0 radical (unpaired) electrons. The number of anilines is 1. The normalized spacial score (nSPS) is 17.9. The number of hydrogen-bond donors (Lipinski definition) is 0. The van der Waals surface area contributed by atoms with E-state index in [1.807, 2.05) is 19.2 Å². The van der Waals surface area contributed by atoms with Crippen molar-refractivity contribution in [2.24, 2.45) is 7.05 Å². The van der Waals surface area contributed by atoms with Gasteiger partial charge in [0.05, 0.1) is 5.52 Å². The first-order valence-corrected chi connectivity index (χ1v) is 11.5. The van der Waals surface area contributed by atoms with Crippen molar-refractivity contribution in [3.63, 3.8) is 0 Å². The van der Waals surface area contributed by atoms with Crippen molar-refractivity contribution in [3.8, 4) is 11.4 Å². The van der Waals surface area contributed by atoms with Gasteiger partial charge < -0.3 is 9.80 Å². The molecule has 0 spiro atoms. The predicted octanol–water partition coefficient (Wildman–Crippen LogP) is 4.31. The van der Waals surface area contributed by atoms with E-state index in [4.69, 9.17) is 9.97 Å². The molecule has 0 bridgehead atoms. The van der Waals surface area contributed by atoms with E-state index in [9.17, 15) is 4.39 Å². The summed E-state index contributed by atoms with van der Waals surface area (Å²) in [5.41, 5.74) is 4.08. The molecule has 0 saturated carbocycles. The minimum atomic E-state index is -0.351.